The molecule has 0 saturated heterocycles. The number of likely N-dealkylation sites (N-methyl/N-ethyl adjacent to an activating group) is 1. The first-order chi connectivity index (χ1) is 9.01. The van der Waals surface area contributed by atoms with Crippen molar-refractivity contribution in [2.75, 3.05) is 19.5 Å². The molecule has 1 heterocycles. The molecule has 1 aromatic carbocycles. The van der Waals surface area contributed by atoms with Gasteiger partial charge in [0.2, 0.25) is 5.91 Å². The molecule has 1 amide bonds. The lowest BCUT2D eigenvalue weighted by Gasteiger charge is -2.19. The van der Waals surface area contributed by atoms with E-state index >= 15 is 0 Å². The summed E-state index contributed by atoms with van der Waals surface area (Å²) < 4.78 is 5.75. The molecule has 0 bridgehead atoms. The maximum absolute atomic E-state index is 12.2. The van der Waals surface area contributed by atoms with Crippen LogP contribution in [-0.4, -0.2) is 37.0 Å². The highest BCUT2D eigenvalue weighted by Gasteiger charge is 2.29. The molecule has 1 aliphatic rings. The summed E-state index contributed by atoms with van der Waals surface area (Å²) in [6.07, 6.45) is 0.0328. The lowest BCUT2D eigenvalue weighted by Crippen LogP contribution is -2.39. The smallest absolute Gasteiger partial charge is 0.308 e. The first-order valence-corrected chi connectivity index (χ1v) is 6.96. The summed E-state index contributed by atoms with van der Waals surface area (Å²) in [4.78, 5) is 25.2. The monoisotopic (exact) mass is 374 g/mol. The summed E-state index contributed by atoms with van der Waals surface area (Å²) in [5.41, 5.74) is 1.95. The number of hydrogen-bond acceptors (Lipinski definition) is 4. The Balaban J connectivity index is 2.29. The van der Waals surface area contributed by atoms with Crippen LogP contribution in [-0.2, 0) is 20.9 Å². The number of carbonyl (C=O) groups is 2. The number of anilines is 1. The Bertz CT molecular complexity index is 519. The van der Waals surface area contributed by atoms with E-state index in [9.17, 15) is 9.59 Å². The Morgan fingerprint density at radius 3 is 3.00 bits per heavy atom. The number of amides is 1. The van der Waals surface area contributed by atoms with Gasteiger partial charge >= 0.3 is 5.97 Å². The Kier molecular flexibility index (Phi) is 4.28. The van der Waals surface area contributed by atoms with Gasteiger partial charge in [-0.25, -0.2) is 0 Å². The van der Waals surface area contributed by atoms with E-state index in [1.807, 2.05) is 18.2 Å². The molecular weight excluding hydrogens is 359 g/mol. The van der Waals surface area contributed by atoms with Crippen LogP contribution in [0.4, 0.5) is 5.69 Å². The molecule has 1 N–H and O–H groups in total. The first-order valence-electron chi connectivity index (χ1n) is 5.88. The number of ether oxygens (including phenoxy) is 1. The largest absolute Gasteiger partial charge is 0.469 e. The summed E-state index contributed by atoms with van der Waals surface area (Å²) in [6.45, 7) is 0.537. The SMILES string of the molecule is COC(=O)CC1Nc2ccc(I)cc2CN(C)C1=O. The zero-order valence-corrected chi connectivity index (χ0v) is 12.9. The predicted molar refractivity (Wildman–Crippen MR) is 79.7 cm³/mol. The van der Waals surface area contributed by atoms with Crippen LogP contribution in [0.2, 0.25) is 0 Å². The second-order valence-corrected chi connectivity index (χ2v) is 5.72. The molecule has 5 nitrogen and oxygen atoms in total. The van der Waals surface area contributed by atoms with Gasteiger partial charge in [0.25, 0.3) is 0 Å². The second kappa shape index (κ2) is 5.77. The molecular formula is C13H15IN2O3. The number of halogens is 1. The molecule has 0 aliphatic carbocycles. The van der Waals surface area contributed by atoms with Crippen molar-refractivity contribution >= 4 is 40.2 Å². The van der Waals surface area contributed by atoms with Crippen molar-refractivity contribution in [1.82, 2.24) is 4.90 Å². The number of methoxy groups -OCH3 is 1. The van der Waals surface area contributed by atoms with Gasteiger partial charge in [-0.05, 0) is 46.4 Å². The van der Waals surface area contributed by atoms with Crippen molar-refractivity contribution in [3.63, 3.8) is 0 Å². The lowest BCUT2D eigenvalue weighted by molar-refractivity contribution is -0.143. The third-order valence-corrected chi connectivity index (χ3v) is 3.75. The molecule has 1 atom stereocenters. The fourth-order valence-electron chi connectivity index (χ4n) is 2.07. The minimum atomic E-state index is -0.571. The van der Waals surface area contributed by atoms with Crippen molar-refractivity contribution in [3.8, 4) is 0 Å². The third kappa shape index (κ3) is 3.17. The number of esters is 1. The van der Waals surface area contributed by atoms with Crippen LogP contribution in [0, 0.1) is 3.57 Å². The fourth-order valence-corrected chi connectivity index (χ4v) is 2.63. The van der Waals surface area contributed by atoms with E-state index in [0.717, 1.165) is 14.8 Å². The summed E-state index contributed by atoms with van der Waals surface area (Å²) in [5, 5.41) is 3.14. The molecule has 0 spiro atoms. The molecule has 0 saturated carbocycles. The number of hydrogen-bond donors (Lipinski definition) is 1. The second-order valence-electron chi connectivity index (χ2n) is 4.47. The summed E-state index contributed by atoms with van der Waals surface area (Å²) in [5.74, 6) is -0.496. The average Bonchev–Trinajstić information content (AvgIpc) is 2.49. The minimum Gasteiger partial charge on any atom is -0.469 e. The van der Waals surface area contributed by atoms with Gasteiger partial charge in [-0.3, -0.25) is 9.59 Å². The number of fused-ring (bicyclic) bond motifs is 1. The molecule has 102 valence electrons. The summed E-state index contributed by atoms with van der Waals surface area (Å²) in [7, 11) is 3.06. The molecule has 1 unspecified atom stereocenters. The standard InChI is InChI=1S/C13H15IN2O3/c1-16-7-8-5-9(14)3-4-10(8)15-11(13(16)18)6-12(17)19-2/h3-5,11,15H,6-7H2,1-2H3. The van der Waals surface area contributed by atoms with Crippen LogP contribution in [0.25, 0.3) is 0 Å². The van der Waals surface area contributed by atoms with Crippen LogP contribution in [0.15, 0.2) is 18.2 Å². The maximum Gasteiger partial charge on any atom is 0.308 e. The van der Waals surface area contributed by atoms with Crippen molar-refractivity contribution in [2.24, 2.45) is 0 Å². The molecule has 0 aromatic heterocycles. The highest BCUT2D eigenvalue weighted by atomic mass is 127. The van der Waals surface area contributed by atoms with Crippen LogP contribution < -0.4 is 5.32 Å². The Hall–Kier alpha value is -1.31. The highest BCUT2D eigenvalue weighted by Crippen LogP contribution is 2.25. The van der Waals surface area contributed by atoms with Gasteiger partial charge in [0.15, 0.2) is 0 Å². The number of rotatable bonds is 2. The quantitative estimate of drug-likeness (QED) is 0.631. The first kappa shape index (κ1) is 14.1. The van der Waals surface area contributed by atoms with Gasteiger partial charge in [-0.1, -0.05) is 0 Å². The Morgan fingerprint density at radius 2 is 2.32 bits per heavy atom. The Labute approximate surface area is 125 Å². The van der Waals surface area contributed by atoms with Crippen molar-refractivity contribution < 1.29 is 14.3 Å². The number of benzene rings is 1. The van der Waals surface area contributed by atoms with Crippen LogP contribution in [0.5, 0.6) is 0 Å². The molecule has 0 fully saturated rings. The van der Waals surface area contributed by atoms with E-state index in [0.29, 0.717) is 6.54 Å². The van der Waals surface area contributed by atoms with Crippen LogP contribution >= 0.6 is 22.6 Å². The van der Waals surface area contributed by atoms with E-state index in [1.54, 1.807) is 11.9 Å². The minimum absolute atomic E-state index is 0.0328. The zero-order valence-electron chi connectivity index (χ0n) is 10.8. The third-order valence-electron chi connectivity index (χ3n) is 3.08. The molecule has 1 aromatic rings. The number of carbonyl (C=O) groups excluding carboxylic acids is 2. The highest BCUT2D eigenvalue weighted by molar-refractivity contribution is 14.1. The molecule has 2 rings (SSSR count). The van der Waals surface area contributed by atoms with E-state index < -0.39 is 12.0 Å². The maximum atomic E-state index is 12.2. The number of nitrogens with zero attached hydrogens (tertiary/aromatic N) is 1. The van der Waals surface area contributed by atoms with E-state index in [4.69, 9.17) is 0 Å². The van der Waals surface area contributed by atoms with Gasteiger partial charge < -0.3 is 15.0 Å². The fraction of sp³-hybridized carbons (Fsp3) is 0.385. The van der Waals surface area contributed by atoms with Crippen molar-refractivity contribution in [1.29, 1.82) is 0 Å². The van der Waals surface area contributed by atoms with Crippen molar-refractivity contribution in [2.45, 2.75) is 19.0 Å². The summed E-state index contributed by atoms with van der Waals surface area (Å²) >= 11 is 2.24. The topological polar surface area (TPSA) is 58.6 Å². The lowest BCUT2D eigenvalue weighted by atomic mass is 10.1. The van der Waals surface area contributed by atoms with Crippen molar-refractivity contribution in [3.05, 3.63) is 27.3 Å². The molecule has 1 aliphatic heterocycles. The normalized spacial score (nSPS) is 18.4. The molecule has 19 heavy (non-hydrogen) atoms. The average molecular weight is 374 g/mol. The van der Waals surface area contributed by atoms with Gasteiger partial charge in [0, 0.05) is 22.8 Å². The van der Waals surface area contributed by atoms with Crippen LogP contribution in [0.3, 0.4) is 0 Å². The Morgan fingerprint density at radius 1 is 1.58 bits per heavy atom. The van der Waals surface area contributed by atoms with Gasteiger partial charge in [0.1, 0.15) is 6.04 Å². The van der Waals surface area contributed by atoms with Gasteiger partial charge in [0.05, 0.1) is 13.5 Å². The van der Waals surface area contributed by atoms with E-state index in [1.165, 1.54) is 7.11 Å². The molecule has 6 heteroatoms. The van der Waals surface area contributed by atoms with E-state index in [2.05, 4.69) is 32.6 Å². The molecule has 0 radical (unpaired) electrons. The summed E-state index contributed by atoms with van der Waals surface area (Å²) in [6, 6.07) is 5.37. The van der Waals surface area contributed by atoms with Crippen LogP contribution in [0.1, 0.15) is 12.0 Å². The number of nitrogens with one attached hydrogen (secondary N) is 1. The predicted octanol–water partition coefficient (Wildman–Crippen LogP) is 1.61. The van der Waals surface area contributed by atoms with E-state index in [-0.39, 0.29) is 12.3 Å². The zero-order chi connectivity index (χ0) is 14.0. The van der Waals surface area contributed by atoms with Gasteiger partial charge in [-0.15, -0.1) is 0 Å². The van der Waals surface area contributed by atoms with Gasteiger partial charge in [-0.2, -0.15) is 0 Å².